The Balaban J connectivity index is 0.00000300. The smallest absolute Gasteiger partial charge is 0.193 e. The Hall–Kier alpha value is -0.860. The highest BCUT2D eigenvalue weighted by Crippen LogP contribution is 2.34. The number of aliphatic imine (C=N–C) groups is 1. The molecule has 1 N–H and O–H groups in total. The first-order chi connectivity index (χ1) is 13.7. The zero-order chi connectivity index (χ0) is 19.8. The standard InChI is InChI=1S/C23H38N4O.HI/c1-4-24-23(27-14-12-19(18-27)17-26(5-2)6-3)25-16-21-13-15-28-22(21)20-10-8-7-9-11-20;/h7-11,19,21-22H,4-6,12-18H2,1-3H3,(H,24,25);1H. The van der Waals surface area contributed by atoms with E-state index in [0.717, 1.165) is 64.2 Å². The van der Waals surface area contributed by atoms with Crippen LogP contribution in [0.3, 0.4) is 0 Å². The minimum Gasteiger partial charge on any atom is -0.373 e. The maximum atomic E-state index is 6.05. The average Bonchev–Trinajstić information content (AvgIpc) is 3.39. The highest BCUT2D eigenvalue weighted by Gasteiger charge is 2.30. The molecule has 0 aliphatic carbocycles. The quantitative estimate of drug-likeness (QED) is 0.324. The van der Waals surface area contributed by atoms with Gasteiger partial charge in [-0.1, -0.05) is 44.2 Å². The molecule has 29 heavy (non-hydrogen) atoms. The zero-order valence-electron chi connectivity index (χ0n) is 18.3. The van der Waals surface area contributed by atoms with Crippen molar-refractivity contribution in [2.75, 3.05) is 52.4 Å². The molecule has 0 bridgehead atoms. The van der Waals surface area contributed by atoms with Crippen LogP contribution in [0.2, 0.25) is 0 Å². The van der Waals surface area contributed by atoms with Crippen molar-refractivity contribution in [2.24, 2.45) is 16.8 Å². The molecule has 0 radical (unpaired) electrons. The van der Waals surface area contributed by atoms with Crippen LogP contribution in [0.25, 0.3) is 0 Å². The second-order valence-electron chi connectivity index (χ2n) is 8.03. The highest BCUT2D eigenvalue weighted by molar-refractivity contribution is 14.0. The Morgan fingerprint density at radius 1 is 1.17 bits per heavy atom. The number of nitrogens with zero attached hydrogens (tertiary/aromatic N) is 3. The Morgan fingerprint density at radius 3 is 2.62 bits per heavy atom. The predicted octanol–water partition coefficient (Wildman–Crippen LogP) is 4.01. The van der Waals surface area contributed by atoms with Gasteiger partial charge in [0, 0.05) is 45.2 Å². The number of guanidine groups is 1. The van der Waals surface area contributed by atoms with Crippen molar-refractivity contribution in [2.45, 2.75) is 39.7 Å². The number of rotatable bonds is 8. The largest absolute Gasteiger partial charge is 0.373 e. The summed E-state index contributed by atoms with van der Waals surface area (Å²) in [4.78, 5) is 10.0. The van der Waals surface area contributed by atoms with Crippen molar-refractivity contribution in [3.8, 4) is 0 Å². The van der Waals surface area contributed by atoms with E-state index >= 15 is 0 Å². The molecule has 2 aliphatic heterocycles. The van der Waals surface area contributed by atoms with Gasteiger partial charge < -0.3 is 19.9 Å². The third kappa shape index (κ3) is 6.82. The van der Waals surface area contributed by atoms with E-state index in [0.29, 0.717) is 5.92 Å². The van der Waals surface area contributed by atoms with Crippen molar-refractivity contribution < 1.29 is 4.74 Å². The summed E-state index contributed by atoms with van der Waals surface area (Å²) in [5.41, 5.74) is 1.28. The average molecular weight is 514 g/mol. The van der Waals surface area contributed by atoms with Crippen LogP contribution in [0.15, 0.2) is 35.3 Å². The van der Waals surface area contributed by atoms with Gasteiger partial charge in [-0.05, 0) is 44.3 Å². The molecule has 3 rings (SSSR count). The molecule has 3 unspecified atom stereocenters. The fourth-order valence-corrected chi connectivity index (χ4v) is 4.48. The molecule has 1 aromatic rings. The van der Waals surface area contributed by atoms with Crippen LogP contribution in [-0.4, -0.2) is 68.2 Å². The minimum absolute atomic E-state index is 0. The topological polar surface area (TPSA) is 40.1 Å². The molecule has 0 amide bonds. The second-order valence-corrected chi connectivity index (χ2v) is 8.03. The second kappa shape index (κ2) is 12.7. The normalized spacial score (nSPS) is 24.8. The number of ether oxygens (including phenoxy) is 1. The van der Waals surface area contributed by atoms with E-state index in [9.17, 15) is 0 Å². The van der Waals surface area contributed by atoms with E-state index < -0.39 is 0 Å². The minimum atomic E-state index is 0. The van der Waals surface area contributed by atoms with Gasteiger partial charge in [0.25, 0.3) is 0 Å². The molecule has 6 heteroatoms. The molecule has 0 aromatic heterocycles. The number of likely N-dealkylation sites (tertiary alicyclic amines) is 1. The van der Waals surface area contributed by atoms with E-state index in [1.165, 1.54) is 18.5 Å². The summed E-state index contributed by atoms with van der Waals surface area (Å²) >= 11 is 0. The van der Waals surface area contributed by atoms with Gasteiger partial charge in [0.2, 0.25) is 0 Å². The Labute approximate surface area is 194 Å². The lowest BCUT2D eigenvalue weighted by molar-refractivity contribution is 0.0925. The van der Waals surface area contributed by atoms with E-state index in [4.69, 9.17) is 9.73 Å². The van der Waals surface area contributed by atoms with Gasteiger partial charge in [0.1, 0.15) is 0 Å². The first-order valence-corrected chi connectivity index (χ1v) is 11.2. The molecule has 2 aliphatic rings. The summed E-state index contributed by atoms with van der Waals surface area (Å²) in [6.45, 7) is 15.0. The summed E-state index contributed by atoms with van der Waals surface area (Å²) in [5.74, 6) is 2.30. The Morgan fingerprint density at radius 2 is 1.93 bits per heavy atom. The van der Waals surface area contributed by atoms with Gasteiger partial charge in [-0.25, -0.2) is 0 Å². The fraction of sp³-hybridized carbons (Fsp3) is 0.696. The zero-order valence-corrected chi connectivity index (χ0v) is 20.7. The SMILES string of the molecule is CCNC(=NCC1CCOC1c1ccccc1)N1CCC(CN(CC)CC)C1.I. The van der Waals surface area contributed by atoms with Crippen molar-refractivity contribution in [3.05, 3.63) is 35.9 Å². The summed E-state index contributed by atoms with van der Waals surface area (Å²) in [6.07, 6.45) is 2.54. The number of hydrogen-bond acceptors (Lipinski definition) is 3. The lowest BCUT2D eigenvalue weighted by Crippen LogP contribution is -2.41. The molecule has 3 atom stereocenters. The highest BCUT2D eigenvalue weighted by atomic mass is 127. The molecule has 164 valence electrons. The van der Waals surface area contributed by atoms with Gasteiger partial charge >= 0.3 is 0 Å². The summed E-state index contributed by atoms with van der Waals surface area (Å²) in [7, 11) is 0. The third-order valence-corrected chi connectivity index (χ3v) is 6.15. The maximum Gasteiger partial charge on any atom is 0.193 e. The Bertz CT molecular complexity index is 608. The van der Waals surface area contributed by atoms with E-state index in [1.807, 2.05) is 0 Å². The van der Waals surface area contributed by atoms with Gasteiger partial charge in [0.15, 0.2) is 5.96 Å². The van der Waals surface area contributed by atoms with E-state index in [1.54, 1.807) is 0 Å². The first-order valence-electron chi connectivity index (χ1n) is 11.2. The number of halogens is 1. The summed E-state index contributed by atoms with van der Waals surface area (Å²) < 4.78 is 6.05. The van der Waals surface area contributed by atoms with Gasteiger partial charge in [-0.2, -0.15) is 0 Å². The summed E-state index contributed by atoms with van der Waals surface area (Å²) in [6, 6.07) is 10.6. The van der Waals surface area contributed by atoms with Crippen molar-refractivity contribution >= 4 is 29.9 Å². The fourth-order valence-electron chi connectivity index (χ4n) is 4.48. The molecule has 2 fully saturated rings. The lowest BCUT2D eigenvalue weighted by atomic mass is 9.95. The molecule has 0 spiro atoms. The van der Waals surface area contributed by atoms with Crippen molar-refractivity contribution in [1.29, 1.82) is 0 Å². The van der Waals surface area contributed by atoms with E-state index in [2.05, 4.69) is 66.2 Å². The molecular weight excluding hydrogens is 475 g/mol. The first kappa shape index (κ1) is 24.4. The lowest BCUT2D eigenvalue weighted by Gasteiger charge is -2.25. The van der Waals surface area contributed by atoms with Crippen LogP contribution in [0, 0.1) is 11.8 Å². The van der Waals surface area contributed by atoms with Crippen LogP contribution >= 0.6 is 24.0 Å². The number of benzene rings is 1. The molecule has 0 saturated carbocycles. The molecule has 2 heterocycles. The van der Waals surface area contributed by atoms with Gasteiger partial charge in [-0.15, -0.1) is 24.0 Å². The van der Waals surface area contributed by atoms with Gasteiger partial charge in [-0.3, -0.25) is 4.99 Å². The van der Waals surface area contributed by atoms with Crippen LogP contribution in [-0.2, 0) is 4.74 Å². The third-order valence-electron chi connectivity index (χ3n) is 6.15. The van der Waals surface area contributed by atoms with Crippen LogP contribution in [0.4, 0.5) is 0 Å². The number of nitrogens with one attached hydrogen (secondary N) is 1. The molecule has 5 nitrogen and oxygen atoms in total. The summed E-state index contributed by atoms with van der Waals surface area (Å²) in [5, 5.41) is 3.53. The number of hydrogen-bond donors (Lipinski definition) is 1. The monoisotopic (exact) mass is 514 g/mol. The molecule has 2 saturated heterocycles. The van der Waals surface area contributed by atoms with Gasteiger partial charge in [0.05, 0.1) is 6.10 Å². The van der Waals surface area contributed by atoms with Crippen molar-refractivity contribution in [1.82, 2.24) is 15.1 Å². The van der Waals surface area contributed by atoms with Crippen LogP contribution in [0.1, 0.15) is 45.3 Å². The van der Waals surface area contributed by atoms with E-state index in [-0.39, 0.29) is 30.1 Å². The Kier molecular flexibility index (Phi) is 10.7. The van der Waals surface area contributed by atoms with Crippen LogP contribution < -0.4 is 5.32 Å². The predicted molar refractivity (Wildman–Crippen MR) is 132 cm³/mol. The molecule has 1 aromatic carbocycles. The van der Waals surface area contributed by atoms with Crippen LogP contribution in [0.5, 0.6) is 0 Å². The maximum absolute atomic E-state index is 6.05. The molecular formula is C23H39IN4O. The van der Waals surface area contributed by atoms with Crippen molar-refractivity contribution in [3.63, 3.8) is 0 Å².